The summed E-state index contributed by atoms with van der Waals surface area (Å²) in [6, 6.07) is 10.4. The largest absolute Gasteiger partial charge is 0.495 e. The van der Waals surface area contributed by atoms with Gasteiger partial charge in [-0.2, -0.15) is 9.40 Å². The van der Waals surface area contributed by atoms with Crippen molar-refractivity contribution in [3.63, 3.8) is 0 Å². The molecule has 1 aromatic carbocycles. The van der Waals surface area contributed by atoms with Crippen LogP contribution in [0.2, 0.25) is 0 Å². The number of methoxy groups -OCH3 is 1. The van der Waals surface area contributed by atoms with E-state index in [0.29, 0.717) is 37.7 Å². The normalized spacial score (nSPS) is 15.4. The van der Waals surface area contributed by atoms with E-state index in [1.165, 1.54) is 17.7 Å². The first-order chi connectivity index (χ1) is 14.0. The number of piperazine rings is 1. The summed E-state index contributed by atoms with van der Waals surface area (Å²) in [4.78, 5) is 10.9. The van der Waals surface area contributed by atoms with Crippen molar-refractivity contribution in [2.45, 2.75) is 11.8 Å². The smallest absolute Gasteiger partial charge is 0.246 e. The van der Waals surface area contributed by atoms with Crippen LogP contribution in [0, 0.1) is 6.92 Å². The predicted octanol–water partition coefficient (Wildman–Crippen LogP) is 1.49. The fourth-order valence-corrected chi connectivity index (χ4v) is 4.88. The quantitative estimate of drug-likeness (QED) is 0.624. The van der Waals surface area contributed by atoms with E-state index in [1.807, 2.05) is 25.3 Å². The molecule has 0 bridgehead atoms. The van der Waals surface area contributed by atoms with E-state index in [9.17, 15) is 8.42 Å². The van der Waals surface area contributed by atoms with Gasteiger partial charge < -0.3 is 9.64 Å². The lowest BCUT2D eigenvalue weighted by molar-refractivity contribution is 0.373. The lowest BCUT2D eigenvalue weighted by Gasteiger charge is -2.34. The molecule has 0 unspecified atom stereocenters. The molecule has 2 aromatic heterocycles. The third-order valence-corrected chi connectivity index (χ3v) is 6.78. The zero-order valence-electron chi connectivity index (χ0n) is 16.3. The minimum Gasteiger partial charge on any atom is -0.495 e. The SMILES string of the molecule is COc1ccccc1S(=O)(=O)N1CCN(c2cc(-n3ccc(C)n3)ncn2)CC1. The molecule has 3 heterocycles. The van der Waals surface area contributed by atoms with Gasteiger partial charge in [-0.25, -0.2) is 23.1 Å². The highest BCUT2D eigenvalue weighted by Gasteiger charge is 2.31. The van der Waals surface area contributed by atoms with Crippen LogP contribution in [-0.2, 0) is 10.0 Å². The lowest BCUT2D eigenvalue weighted by Crippen LogP contribution is -2.49. The van der Waals surface area contributed by atoms with Crippen molar-refractivity contribution in [1.82, 2.24) is 24.1 Å². The number of aryl methyl sites for hydroxylation is 1. The predicted molar refractivity (Wildman–Crippen MR) is 108 cm³/mol. The van der Waals surface area contributed by atoms with Gasteiger partial charge in [-0.1, -0.05) is 12.1 Å². The number of ether oxygens (including phenoxy) is 1. The fraction of sp³-hybridized carbons (Fsp3) is 0.316. The first-order valence-electron chi connectivity index (χ1n) is 9.22. The van der Waals surface area contributed by atoms with Crippen LogP contribution < -0.4 is 9.64 Å². The number of aromatic nitrogens is 4. The Morgan fingerprint density at radius 1 is 1.00 bits per heavy atom. The molecule has 0 N–H and O–H groups in total. The van der Waals surface area contributed by atoms with E-state index in [1.54, 1.807) is 28.9 Å². The van der Waals surface area contributed by atoms with Crippen molar-refractivity contribution in [3.05, 3.63) is 54.6 Å². The Hall–Kier alpha value is -2.98. The number of rotatable bonds is 5. The summed E-state index contributed by atoms with van der Waals surface area (Å²) < 4.78 is 34.5. The summed E-state index contributed by atoms with van der Waals surface area (Å²) in [5.74, 6) is 1.77. The maximum atomic E-state index is 13.0. The molecular formula is C19H22N6O3S. The molecule has 9 nitrogen and oxygen atoms in total. The minimum absolute atomic E-state index is 0.189. The van der Waals surface area contributed by atoms with E-state index in [-0.39, 0.29) is 4.90 Å². The summed E-state index contributed by atoms with van der Waals surface area (Å²) in [7, 11) is -2.15. The molecule has 0 aliphatic carbocycles. The average molecular weight is 414 g/mol. The number of para-hydroxylation sites is 1. The van der Waals surface area contributed by atoms with Gasteiger partial charge in [0.1, 0.15) is 22.8 Å². The zero-order valence-corrected chi connectivity index (χ0v) is 17.1. The van der Waals surface area contributed by atoms with Gasteiger partial charge in [-0.3, -0.25) is 0 Å². The molecule has 1 aliphatic rings. The van der Waals surface area contributed by atoms with Crippen LogP contribution in [0.1, 0.15) is 5.69 Å². The van der Waals surface area contributed by atoms with Crippen molar-refractivity contribution < 1.29 is 13.2 Å². The van der Waals surface area contributed by atoms with Crippen LogP contribution in [0.25, 0.3) is 5.82 Å². The maximum absolute atomic E-state index is 13.0. The molecule has 152 valence electrons. The van der Waals surface area contributed by atoms with Gasteiger partial charge in [-0.15, -0.1) is 0 Å². The van der Waals surface area contributed by atoms with Crippen LogP contribution in [-0.4, -0.2) is 65.8 Å². The fourth-order valence-electron chi connectivity index (χ4n) is 3.31. The van der Waals surface area contributed by atoms with Crippen molar-refractivity contribution in [1.29, 1.82) is 0 Å². The highest BCUT2D eigenvalue weighted by atomic mass is 32.2. The third kappa shape index (κ3) is 3.81. The van der Waals surface area contributed by atoms with Gasteiger partial charge in [0.05, 0.1) is 12.8 Å². The van der Waals surface area contributed by atoms with E-state index < -0.39 is 10.0 Å². The molecule has 1 aliphatic heterocycles. The molecular weight excluding hydrogens is 392 g/mol. The first kappa shape index (κ1) is 19.3. The second-order valence-electron chi connectivity index (χ2n) is 6.68. The summed E-state index contributed by atoms with van der Waals surface area (Å²) in [6.07, 6.45) is 3.35. The maximum Gasteiger partial charge on any atom is 0.246 e. The highest BCUT2D eigenvalue weighted by Crippen LogP contribution is 2.27. The average Bonchev–Trinajstić information content (AvgIpc) is 3.20. The molecule has 0 amide bonds. The monoisotopic (exact) mass is 414 g/mol. The molecule has 1 fully saturated rings. The standard InChI is InChI=1S/C19H22N6O3S/c1-15-7-8-25(22-15)19-13-18(20-14-21-19)23-9-11-24(12-10-23)29(26,27)17-6-4-3-5-16(17)28-2/h3-8,13-14H,9-12H2,1-2H3. The Kier molecular flexibility index (Phi) is 5.20. The minimum atomic E-state index is -3.62. The van der Waals surface area contributed by atoms with Crippen LogP contribution in [0.3, 0.4) is 0 Å². The zero-order chi connectivity index (χ0) is 20.4. The van der Waals surface area contributed by atoms with Crippen molar-refractivity contribution >= 4 is 15.8 Å². The first-order valence-corrected chi connectivity index (χ1v) is 10.7. The Labute approximate surface area is 169 Å². The molecule has 4 rings (SSSR count). The Bertz CT molecular complexity index is 1110. The molecule has 0 saturated carbocycles. The Morgan fingerprint density at radius 2 is 1.72 bits per heavy atom. The van der Waals surface area contributed by atoms with E-state index >= 15 is 0 Å². The number of anilines is 1. The summed E-state index contributed by atoms with van der Waals surface area (Å²) in [5.41, 5.74) is 0.903. The number of hydrogen-bond donors (Lipinski definition) is 0. The molecule has 0 spiro atoms. The number of nitrogens with zero attached hydrogens (tertiary/aromatic N) is 6. The highest BCUT2D eigenvalue weighted by molar-refractivity contribution is 7.89. The van der Waals surface area contributed by atoms with Crippen LogP contribution in [0.15, 0.2) is 53.8 Å². The van der Waals surface area contributed by atoms with E-state index in [4.69, 9.17) is 4.74 Å². The van der Waals surface area contributed by atoms with Crippen LogP contribution >= 0.6 is 0 Å². The molecule has 1 saturated heterocycles. The Morgan fingerprint density at radius 3 is 2.41 bits per heavy atom. The van der Waals surface area contributed by atoms with Crippen LogP contribution in [0.5, 0.6) is 5.75 Å². The molecule has 0 atom stereocenters. The Balaban J connectivity index is 1.50. The number of sulfonamides is 1. The van der Waals surface area contributed by atoms with Gasteiger partial charge >= 0.3 is 0 Å². The number of benzene rings is 1. The van der Waals surface area contributed by atoms with Gasteiger partial charge in [-0.05, 0) is 25.1 Å². The molecule has 3 aromatic rings. The van der Waals surface area contributed by atoms with Gasteiger partial charge in [0.15, 0.2) is 5.82 Å². The number of hydrogen-bond acceptors (Lipinski definition) is 7. The van der Waals surface area contributed by atoms with Crippen molar-refractivity contribution in [2.24, 2.45) is 0 Å². The van der Waals surface area contributed by atoms with Crippen molar-refractivity contribution in [2.75, 3.05) is 38.2 Å². The van der Waals surface area contributed by atoms with Gasteiger partial charge in [0, 0.05) is 38.4 Å². The van der Waals surface area contributed by atoms with Gasteiger partial charge in [0.2, 0.25) is 10.0 Å². The summed E-state index contributed by atoms with van der Waals surface area (Å²) in [6.45, 7) is 3.70. The van der Waals surface area contributed by atoms with Gasteiger partial charge in [0.25, 0.3) is 0 Å². The third-order valence-electron chi connectivity index (χ3n) is 4.84. The van der Waals surface area contributed by atoms with E-state index in [0.717, 1.165) is 11.5 Å². The molecule has 29 heavy (non-hydrogen) atoms. The summed E-state index contributed by atoms with van der Waals surface area (Å²) >= 11 is 0. The molecule has 0 radical (unpaired) electrons. The second kappa shape index (κ2) is 7.80. The van der Waals surface area contributed by atoms with E-state index in [2.05, 4.69) is 20.0 Å². The topological polar surface area (TPSA) is 93.5 Å². The van der Waals surface area contributed by atoms with Crippen LogP contribution in [0.4, 0.5) is 5.82 Å². The summed E-state index contributed by atoms with van der Waals surface area (Å²) in [5, 5.41) is 4.37. The molecule has 10 heteroatoms. The van der Waals surface area contributed by atoms with Crippen molar-refractivity contribution in [3.8, 4) is 11.6 Å². The lowest BCUT2D eigenvalue weighted by atomic mass is 10.3. The second-order valence-corrected chi connectivity index (χ2v) is 8.58.